The van der Waals surface area contributed by atoms with E-state index in [4.69, 9.17) is 4.12 Å². The fraction of sp³-hybridized carbons (Fsp3) is 0.600. The van der Waals surface area contributed by atoms with Crippen molar-refractivity contribution in [3.05, 3.63) is 12.3 Å². The lowest BCUT2D eigenvalue weighted by Crippen LogP contribution is -2.33. The Morgan fingerprint density at radius 1 is 1.67 bits per heavy atom. The predicted octanol–water partition coefficient (Wildman–Crippen LogP) is 1.21. The SMILES string of the molecule is C=C[Si](C)(C)O[SiH](C)[O]. The van der Waals surface area contributed by atoms with Gasteiger partial charge in [0.2, 0.25) is 0 Å². The Balaban J connectivity index is 3.71. The zero-order valence-electron chi connectivity index (χ0n) is 6.18. The first-order valence-corrected chi connectivity index (χ1v) is 8.03. The molecule has 0 amide bonds. The fourth-order valence-corrected chi connectivity index (χ4v) is 4.28. The van der Waals surface area contributed by atoms with E-state index in [2.05, 4.69) is 6.58 Å². The van der Waals surface area contributed by atoms with Gasteiger partial charge in [0, 0.05) is 0 Å². The zero-order chi connectivity index (χ0) is 7.49. The largest absolute Gasteiger partial charge is 0.433 e. The molecule has 53 valence electrons. The molecular formula is C5H13O2Si2. The van der Waals surface area contributed by atoms with E-state index in [1.165, 1.54) is 0 Å². The lowest BCUT2D eigenvalue weighted by Gasteiger charge is -2.18. The average molecular weight is 161 g/mol. The van der Waals surface area contributed by atoms with Crippen molar-refractivity contribution in [2.45, 2.75) is 19.6 Å². The van der Waals surface area contributed by atoms with E-state index >= 15 is 0 Å². The number of hydrogen-bond acceptors (Lipinski definition) is 1. The molecule has 0 bridgehead atoms. The van der Waals surface area contributed by atoms with E-state index in [0.717, 1.165) is 0 Å². The van der Waals surface area contributed by atoms with Crippen molar-refractivity contribution in [2.24, 2.45) is 0 Å². The van der Waals surface area contributed by atoms with Gasteiger partial charge in [-0.05, 0) is 19.6 Å². The topological polar surface area (TPSA) is 29.1 Å². The van der Waals surface area contributed by atoms with Gasteiger partial charge in [-0.3, -0.25) is 4.80 Å². The maximum atomic E-state index is 10.6. The summed E-state index contributed by atoms with van der Waals surface area (Å²) >= 11 is 0. The Kier molecular flexibility index (Phi) is 3.34. The van der Waals surface area contributed by atoms with E-state index < -0.39 is 17.6 Å². The molecule has 0 aromatic carbocycles. The van der Waals surface area contributed by atoms with Crippen LogP contribution in [0.1, 0.15) is 0 Å². The Hall–Kier alpha value is 0.0938. The molecule has 0 aromatic heterocycles. The standard InChI is InChI=1S/C5H13O2Si2/c1-5-9(3,4)7-8(2)6/h5,8H,1H2,2-4H3. The maximum Gasteiger partial charge on any atom is 0.345 e. The Bertz CT molecular complexity index is 101. The van der Waals surface area contributed by atoms with Crippen LogP contribution in [0.25, 0.3) is 0 Å². The van der Waals surface area contributed by atoms with Crippen molar-refractivity contribution in [3.8, 4) is 0 Å². The second-order valence-electron chi connectivity index (χ2n) is 2.49. The highest BCUT2D eigenvalue weighted by molar-refractivity contribution is 6.80. The monoisotopic (exact) mass is 161 g/mol. The van der Waals surface area contributed by atoms with Crippen molar-refractivity contribution >= 4 is 17.6 Å². The molecule has 0 N–H and O–H groups in total. The van der Waals surface area contributed by atoms with E-state index in [1.54, 1.807) is 12.2 Å². The molecule has 1 atom stereocenters. The minimum atomic E-state index is -2.07. The molecule has 0 fully saturated rings. The molecule has 0 saturated carbocycles. The molecule has 0 saturated heterocycles. The minimum absolute atomic E-state index is 1.64. The second-order valence-corrected chi connectivity index (χ2v) is 8.19. The summed E-state index contributed by atoms with van der Waals surface area (Å²) in [5, 5.41) is 0. The van der Waals surface area contributed by atoms with Gasteiger partial charge in [-0.15, -0.1) is 6.58 Å². The van der Waals surface area contributed by atoms with Gasteiger partial charge in [-0.2, -0.15) is 0 Å². The smallest absolute Gasteiger partial charge is 0.345 e. The first-order chi connectivity index (χ1) is 3.98. The van der Waals surface area contributed by atoms with Crippen LogP contribution < -0.4 is 0 Å². The first-order valence-electron chi connectivity index (χ1n) is 2.95. The van der Waals surface area contributed by atoms with Crippen LogP contribution >= 0.6 is 0 Å². The van der Waals surface area contributed by atoms with Crippen LogP contribution in [0.3, 0.4) is 0 Å². The van der Waals surface area contributed by atoms with Crippen molar-refractivity contribution in [3.63, 3.8) is 0 Å². The molecule has 4 heteroatoms. The molecular weight excluding hydrogens is 148 g/mol. The lowest BCUT2D eigenvalue weighted by molar-refractivity contribution is 0.351. The van der Waals surface area contributed by atoms with Crippen molar-refractivity contribution < 1.29 is 8.91 Å². The number of rotatable bonds is 3. The highest BCUT2D eigenvalue weighted by atomic mass is 28.4. The van der Waals surface area contributed by atoms with Crippen LogP contribution in [0.2, 0.25) is 19.6 Å². The summed E-state index contributed by atoms with van der Waals surface area (Å²) in [6.07, 6.45) is 0. The predicted molar refractivity (Wildman–Crippen MR) is 42.5 cm³/mol. The third-order valence-corrected chi connectivity index (χ3v) is 5.70. The molecule has 9 heavy (non-hydrogen) atoms. The van der Waals surface area contributed by atoms with Gasteiger partial charge in [-0.1, -0.05) is 5.70 Å². The zero-order valence-corrected chi connectivity index (χ0v) is 8.33. The van der Waals surface area contributed by atoms with Gasteiger partial charge in [0.05, 0.1) is 0 Å². The molecule has 1 radical (unpaired) electrons. The van der Waals surface area contributed by atoms with Crippen molar-refractivity contribution in [2.75, 3.05) is 0 Å². The third kappa shape index (κ3) is 4.59. The van der Waals surface area contributed by atoms with Crippen LogP contribution in [-0.2, 0) is 8.91 Å². The van der Waals surface area contributed by atoms with Gasteiger partial charge >= 0.3 is 9.28 Å². The molecule has 0 heterocycles. The number of hydrogen-bond donors (Lipinski definition) is 0. The van der Waals surface area contributed by atoms with Gasteiger partial charge in [0.15, 0.2) is 8.32 Å². The summed E-state index contributed by atoms with van der Waals surface area (Å²) in [6.45, 7) is 9.19. The maximum absolute atomic E-state index is 10.6. The van der Waals surface area contributed by atoms with Crippen molar-refractivity contribution in [1.29, 1.82) is 0 Å². The summed E-state index contributed by atoms with van der Waals surface area (Å²) in [6, 6.07) is 0. The molecule has 0 aliphatic carbocycles. The lowest BCUT2D eigenvalue weighted by atomic mass is 11.3. The third-order valence-electron chi connectivity index (χ3n) is 0.961. The van der Waals surface area contributed by atoms with Gasteiger partial charge in [0.1, 0.15) is 0 Å². The van der Waals surface area contributed by atoms with E-state index in [-0.39, 0.29) is 0 Å². The summed E-state index contributed by atoms with van der Waals surface area (Å²) in [4.78, 5) is 10.6. The van der Waals surface area contributed by atoms with Crippen LogP contribution in [0.5, 0.6) is 0 Å². The Morgan fingerprint density at radius 3 is 2.22 bits per heavy atom. The normalized spacial score (nSPS) is 15.1. The molecule has 0 spiro atoms. The highest BCUT2D eigenvalue weighted by Crippen LogP contribution is 2.05. The molecule has 0 rings (SSSR count). The van der Waals surface area contributed by atoms with Crippen molar-refractivity contribution in [1.82, 2.24) is 0 Å². The van der Waals surface area contributed by atoms with Gasteiger partial charge in [0.25, 0.3) is 0 Å². The quantitative estimate of drug-likeness (QED) is 0.572. The first kappa shape index (κ1) is 9.09. The molecule has 0 aliphatic heterocycles. The van der Waals surface area contributed by atoms with E-state index in [0.29, 0.717) is 0 Å². The van der Waals surface area contributed by atoms with E-state index in [1.807, 2.05) is 13.1 Å². The van der Waals surface area contributed by atoms with Crippen LogP contribution in [0.15, 0.2) is 12.3 Å². The summed E-state index contributed by atoms with van der Waals surface area (Å²) in [5.41, 5.74) is 1.79. The van der Waals surface area contributed by atoms with Crippen LogP contribution in [0.4, 0.5) is 0 Å². The highest BCUT2D eigenvalue weighted by Gasteiger charge is 2.20. The van der Waals surface area contributed by atoms with Gasteiger partial charge < -0.3 is 4.12 Å². The molecule has 2 nitrogen and oxygen atoms in total. The summed E-state index contributed by atoms with van der Waals surface area (Å²) in [7, 11) is -3.80. The van der Waals surface area contributed by atoms with Crippen LogP contribution in [0, 0.1) is 0 Å². The molecule has 1 unspecified atom stereocenters. The fourth-order valence-electron chi connectivity index (χ4n) is 0.476. The van der Waals surface area contributed by atoms with Crippen LogP contribution in [-0.4, -0.2) is 17.6 Å². The summed E-state index contributed by atoms with van der Waals surface area (Å²) < 4.78 is 5.19. The Labute approximate surface area is 59.1 Å². The van der Waals surface area contributed by atoms with E-state index in [9.17, 15) is 4.80 Å². The molecule has 0 aliphatic rings. The second kappa shape index (κ2) is 3.31. The molecule has 0 aromatic rings. The Morgan fingerprint density at radius 2 is 2.11 bits per heavy atom. The summed E-state index contributed by atoms with van der Waals surface area (Å²) in [5.74, 6) is 0. The minimum Gasteiger partial charge on any atom is -0.433 e. The van der Waals surface area contributed by atoms with Gasteiger partial charge in [-0.25, -0.2) is 0 Å². The average Bonchev–Trinajstić information content (AvgIpc) is 1.63.